The minimum absolute atomic E-state index is 0.0808. The second-order valence-corrected chi connectivity index (χ2v) is 9.41. The van der Waals surface area contributed by atoms with Crippen LogP contribution in [0.3, 0.4) is 0 Å². The van der Waals surface area contributed by atoms with Crippen LogP contribution in [-0.2, 0) is 21.2 Å². The third kappa shape index (κ3) is 4.62. The molecule has 0 fully saturated rings. The summed E-state index contributed by atoms with van der Waals surface area (Å²) in [7, 11) is -3.48. The minimum Gasteiger partial charge on any atom is -0.362 e. The molecule has 6 nitrogen and oxygen atoms in total. The molecule has 3 rings (SSSR count). The average molecular weight is 416 g/mol. The Morgan fingerprint density at radius 2 is 1.72 bits per heavy atom. The molecular formula is C22H29N3O3S. The van der Waals surface area contributed by atoms with Crippen molar-refractivity contribution in [3.63, 3.8) is 0 Å². The Hall–Kier alpha value is -2.38. The molecule has 0 radical (unpaired) electrons. The summed E-state index contributed by atoms with van der Waals surface area (Å²) in [5, 5.41) is 2.96. The van der Waals surface area contributed by atoms with Gasteiger partial charge in [0.2, 0.25) is 15.9 Å². The minimum atomic E-state index is -3.48. The molecule has 2 aromatic rings. The smallest absolute Gasteiger partial charge is 0.243 e. The van der Waals surface area contributed by atoms with E-state index in [1.54, 1.807) is 12.1 Å². The van der Waals surface area contributed by atoms with Crippen LogP contribution < -0.4 is 10.2 Å². The molecule has 0 saturated carbocycles. The van der Waals surface area contributed by atoms with Gasteiger partial charge in [-0.05, 0) is 67.3 Å². The number of nitrogens with zero attached hydrogens (tertiary/aromatic N) is 2. The van der Waals surface area contributed by atoms with E-state index in [2.05, 4.69) is 11.4 Å². The normalized spacial score (nSPS) is 13.6. The number of carbonyl (C=O) groups excluding carboxylic acids is 1. The average Bonchev–Trinajstić information content (AvgIpc) is 3.03. The standard InChI is InChI=1S/C22H29N3O3S/c1-5-25(6-2)29(27,28)20-7-8-21-18(14-20)9-10-24(21)15-22(26)23-19-12-16(3)11-17(4)13-19/h7-8,11-14H,5-6,9-10,15H2,1-4H3,(H,23,26). The fourth-order valence-corrected chi connectivity index (χ4v) is 5.41. The highest BCUT2D eigenvalue weighted by atomic mass is 32.2. The van der Waals surface area contributed by atoms with E-state index >= 15 is 0 Å². The number of aryl methyl sites for hydroxylation is 2. The van der Waals surface area contributed by atoms with Gasteiger partial charge in [-0.2, -0.15) is 4.31 Å². The summed E-state index contributed by atoms with van der Waals surface area (Å²) in [5.41, 5.74) is 4.91. The van der Waals surface area contributed by atoms with E-state index in [9.17, 15) is 13.2 Å². The monoisotopic (exact) mass is 415 g/mol. The van der Waals surface area contributed by atoms with Crippen LogP contribution in [0.5, 0.6) is 0 Å². The van der Waals surface area contributed by atoms with Crippen molar-refractivity contribution in [1.29, 1.82) is 0 Å². The molecule has 29 heavy (non-hydrogen) atoms. The molecule has 1 aliphatic heterocycles. The van der Waals surface area contributed by atoms with Gasteiger partial charge in [0.15, 0.2) is 0 Å². The lowest BCUT2D eigenvalue weighted by Gasteiger charge is -2.21. The van der Waals surface area contributed by atoms with Crippen molar-refractivity contribution in [3.05, 3.63) is 53.1 Å². The fraction of sp³-hybridized carbons (Fsp3) is 0.409. The molecule has 1 aliphatic rings. The quantitative estimate of drug-likeness (QED) is 0.753. The molecule has 2 aromatic carbocycles. The van der Waals surface area contributed by atoms with E-state index < -0.39 is 10.0 Å². The lowest BCUT2D eigenvalue weighted by Crippen LogP contribution is -2.32. The molecule has 7 heteroatoms. The SMILES string of the molecule is CCN(CC)S(=O)(=O)c1ccc2c(c1)CCN2CC(=O)Nc1cc(C)cc(C)c1. The van der Waals surface area contributed by atoms with Gasteiger partial charge in [0, 0.05) is 31.0 Å². The Kier molecular flexibility index (Phi) is 6.29. The number of carbonyl (C=O) groups is 1. The number of sulfonamides is 1. The first-order valence-corrected chi connectivity index (χ1v) is 11.4. The Labute approximate surface area is 173 Å². The van der Waals surface area contributed by atoms with Gasteiger partial charge in [-0.25, -0.2) is 8.42 Å². The highest BCUT2D eigenvalue weighted by Crippen LogP contribution is 2.31. The summed E-state index contributed by atoms with van der Waals surface area (Å²) in [4.78, 5) is 14.9. The summed E-state index contributed by atoms with van der Waals surface area (Å²) in [6, 6.07) is 11.2. The molecule has 0 aromatic heterocycles. The second-order valence-electron chi connectivity index (χ2n) is 7.48. The van der Waals surface area contributed by atoms with Crippen molar-refractivity contribution in [2.45, 2.75) is 39.0 Å². The summed E-state index contributed by atoms with van der Waals surface area (Å²) < 4.78 is 27.0. The van der Waals surface area contributed by atoms with Crippen LogP contribution in [0.1, 0.15) is 30.5 Å². The van der Waals surface area contributed by atoms with Crippen LogP contribution in [0, 0.1) is 13.8 Å². The maximum Gasteiger partial charge on any atom is 0.243 e. The molecule has 0 spiro atoms. The van der Waals surface area contributed by atoms with Crippen molar-refractivity contribution < 1.29 is 13.2 Å². The number of anilines is 2. The van der Waals surface area contributed by atoms with Crippen molar-refractivity contribution in [2.24, 2.45) is 0 Å². The molecule has 156 valence electrons. The van der Waals surface area contributed by atoms with Gasteiger partial charge >= 0.3 is 0 Å². The molecular weight excluding hydrogens is 386 g/mol. The predicted molar refractivity (Wildman–Crippen MR) is 117 cm³/mol. The largest absolute Gasteiger partial charge is 0.362 e. The van der Waals surface area contributed by atoms with Crippen LogP contribution >= 0.6 is 0 Å². The highest BCUT2D eigenvalue weighted by molar-refractivity contribution is 7.89. The first-order chi connectivity index (χ1) is 13.7. The van der Waals surface area contributed by atoms with Crippen molar-refractivity contribution in [2.75, 3.05) is 36.4 Å². The van der Waals surface area contributed by atoms with Gasteiger partial charge in [0.05, 0.1) is 11.4 Å². The van der Waals surface area contributed by atoms with E-state index in [0.29, 0.717) is 24.5 Å². The third-order valence-electron chi connectivity index (χ3n) is 5.23. The first-order valence-electron chi connectivity index (χ1n) is 10.0. The van der Waals surface area contributed by atoms with Gasteiger partial charge in [0.25, 0.3) is 0 Å². The van der Waals surface area contributed by atoms with Gasteiger partial charge in [-0.1, -0.05) is 19.9 Å². The summed E-state index contributed by atoms with van der Waals surface area (Å²) in [5.74, 6) is -0.0808. The Morgan fingerprint density at radius 1 is 1.07 bits per heavy atom. The molecule has 0 saturated heterocycles. The van der Waals surface area contributed by atoms with Gasteiger partial charge < -0.3 is 10.2 Å². The summed E-state index contributed by atoms with van der Waals surface area (Å²) in [6.07, 6.45) is 0.730. The van der Waals surface area contributed by atoms with Crippen molar-refractivity contribution in [3.8, 4) is 0 Å². The Balaban J connectivity index is 1.74. The van der Waals surface area contributed by atoms with Crippen molar-refractivity contribution >= 4 is 27.3 Å². The number of hydrogen-bond acceptors (Lipinski definition) is 4. The lowest BCUT2D eigenvalue weighted by atomic mass is 10.1. The van der Waals surface area contributed by atoms with E-state index in [1.165, 1.54) is 4.31 Å². The third-order valence-corrected chi connectivity index (χ3v) is 7.27. The van der Waals surface area contributed by atoms with E-state index in [1.807, 2.05) is 50.8 Å². The molecule has 1 heterocycles. The van der Waals surface area contributed by atoms with Gasteiger partial charge in [0.1, 0.15) is 0 Å². The topological polar surface area (TPSA) is 69.7 Å². The molecule has 0 unspecified atom stereocenters. The first kappa shape index (κ1) is 21.3. The number of amides is 1. The summed E-state index contributed by atoms with van der Waals surface area (Å²) >= 11 is 0. The molecule has 0 bridgehead atoms. The number of fused-ring (bicyclic) bond motifs is 1. The van der Waals surface area contributed by atoms with E-state index in [4.69, 9.17) is 0 Å². The Morgan fingerprint density at radius 3 is 2.34 bits per heavy atom. The Bertz CT molecular complexity index is 994. The zero-order chi connectivity index (χ0) is 21.2. The second kappa shape index (κ2) is 8.55. The molecule has 1 N–H and O–H groups in total. The number of hydrogen-bond donors (Lipinski definition) is 1. The van der Waals surface area contributed by atoms with Crippen LogP contribution in [0.15, 0.2) is 41.3 Å². The van der Waals surface area contributed by atoms with Crippen molar-refractivity contribution in [1.82, 2.24) is 4.31 Å². The van der Waals surface area contributed by atoms with E-state index in [0.717, 1.165) is 34.5 Å². The van der Waals surface area contributed by atoms with Gasteiger partial charge in [-0.15, -0.1) is 0 Å². The molecule has 0 aliphatic carbocycles. The maximum absolute atomic E-state index is 12.8. The van der Waals surface area contributed by atoms with Crippen LogP contribution in [0.4, 0.5) is 11.4 Å². The van der Waals surface area contributed by atoms with E-state index in [-0.39, 0.29) is 12.5 Å². The molecule has 1 amide bonds. The number of nitrogens with one attached hydrogen (secondary N) is 1. The number of benzene rings is 2. The lowest BCUT2D eigenvalue weighted by molar-refractivity contribution is -0.115. The zero-order valence-electron chi connectivity index (χ0n) is 17.5. The van der Waals surface area contributed by atoms with Crippen LogP contribution in [-0.4, -0.2) is 44.8 Å². The van der Waals surface area contributed by atoms with Crippen LogP contribution in [0.2, 0.25) is 0 Å². The fourth-order valence-electron chi connectivity index (χ4n) is 3.90. The molecule has 0 atom stereocenters. The maximum atomic E-state index is 12.8. The zero-order valence-corrected chi connectivity index (χ0v) is 18.3. The van der Waals surface area contributed by atoms with Crippen LogP contribution in [0.25, 0.3) is 0 Å². The number of rotatable bonds is 7. The highest BCUT2D eigenvalue weighted by Gasteiger charge is 2.26. The predicted octanol–water partition coefficient (Wildman–Crippen LogP) is 3.34. The van der Waals surface area contributed by atoms with Gasteiger partial charge in [-0.3, -0.25) is 4.79 Å². The summed E-state index contributed by atoms with van der Waals surface area (Å²) in [6.45, 7) is 9.51.